The molecule has 23 heavy (non-hydrogen) atoms. The molecule has 0 bridgehead atoms. The van der Waals surface area contributed by atoms with Gasteiger partial charge in [0.05, 0.1) is 0 Å². The number of nitrogens with one attached hydrogen (secondary N) is 1. The second kappa shape index (κ2) is 6.73. The number of ether oxygens (including phenoxy) is 1. The Hall–Kier alpha value is -2.50. The van der Waals surface area contributed by atoms with E-state index in [2.05, 4.69) is 5.10 Å². The number of H-pyrrole nitrogens is 1. The summed E-state index contributed by atoms with van der Waals surface area (Å²) in [6.45, 7) is 1.59. The average molecular weight is 315 g/mol. The van der Waals surface area contributed by atoms with Gasteiger partial charge < -0.3 is 9.64 Å². The molecule has 2 heterocycles. The summed E-state index contributed by atoms with van der Waals surface area (Å²) in [6, 6.07) is 11.3. The zero-order chi connectivity index (χ0) is 16.2. The van der Waals surface area contributed by atoms with Gasteiger partial charge in [-0.2, -0.15) is 0 Å². The third-order valence-electron chi connectivity index (χ3n) is 4.30. The molecule has 122 valence electrons. The lowest BCUT2D eigenvalue weighted by molar-refractivity contribution is 0.0868. The summed E-state index contributed by atoms with van der Waals surface area (Å²) in [5, 5.41) is 3.07. The number of nitrogens with zero attached hydrogens (tertiary/aromatic N) is 2. The molecule has 0 aliphatic carbocycles. The van der Waals surface area contributed by atoms with E-state index in [-0.39, 0.29) is 11.7 Å². The third kappa shape index (κ3) is 3.64. The molecule has 0 radical (unpaired) electrons. The zero-order valence-electron chi connectivity index (χ0n) is 13.2. The number of amides is 1. The van der Waals surface area contributed by atoms with Crippen molar-refractivity contribution < 1.29 is 9.53 Å². The molecule has 0 spiro atoms. The second-order valence-electron chi connectivity index (χ2n) is 5.91. The number of hydrogen-bond acceptors (Lipinski definition) is 3. The molecule has 1 amide bonds. The molecule has 0 unspecified atom stereocenters. The SMILES string of the molecule is Cn1[nH]c(C2CCN(C(=O)OCc3ccccc3)CC2)cc1=O. The zero-order valence-corrected chi connectivity index (χ0v) is 13.2. The Labute approximate surface area is 134 Å². The van der Waals surface area contributed by atoms with E-state index in [0.717, 1.165) is 24.1 Å². The van der Waals surface area contributed by atoms with Gasteiger partial charge in [0.15, 0.2) is 0 Å². The number of hydrogen-bond donors (Lipinski definition) is 1. The fourth-order valence-electron chi connectivity index (χ4n) is 2.90. The van der Waals surface area contributed by atoms with Crippen LogP contribution < -0.4 is 5.56 Å². The van der Waals surface area contributed by atoms with Crippen molar-refractivity contribution in [2.75, 3.05) is 13.1 Å². The highest BCUT2D eigenvalue weighted by Crippen LogP contribution is 2.26. The molecule has 1 aromatic heterocycles. The minimum absolute atomic E-state index is 0.0234. The number of aryl methyl sites for hydroxylation is 1. The van der Waals surface area contributed by atoms with Crippen LogP contribution in [0.2, 0.25) is 0 Å². The van der Waals surface area contributed by atoms with Crippen LogP contribution in [-0.2, 0) is 18.4 Å². The summed E-state index contributed by atoms with van der Waals surface area (Å²) in [4.78, 5) is 25.4. The third-order valence-corrected chi connectivity index (χ3v) is 4.30. The van der Waals surface area contributed by atoms with Gasteiger partial charge in [-0.25, -0.2) is 4.79 Å². The molecule has 3 rings (SSSR count). The van der Waals surface area contributed by atoms with Crippen LogP contribution in [0.15, 0.2) is 41.2 Å². The van der Waals surface area contributed by atoms with Crippen LogP contribution in [-0.4, -0.2) is 33.9 Å². The van der Waals surface area contributed by atoms with Crippen molar-refractivity contribution in [1.82, 2.24) is 14.7 Å². The van der Waals surface area contributed by atoms with Gasteiger partial charge in [0, 0.05) is 37.8 Å². The van der Waals surface area contributed by atoms with Gasteiger partial charge in [0.25, 0.3) is 5.56 Å². The first-order valence-electron chi connectivity index (χ1n) is 7.85. The predicted molar refractivity (Wildman–Crippen MR) is 86.2 cm³/mol. The molecule has 2 aromatic rings. The maximum Gasteiger partial charge on any atom is 0.410 e. The second-order valence-corrected chi connectivity index (χ2v) is 5.91. The van der Waals surface area contributed by atoms with E-state index >= 15 is 0 Å². The largest absolute Gasteiger partial charge is 0.445 e. The van der Waals surface area contributed by atoms with Crippen LogP contribution in [0, 0.1) is 0 Å². The number of aromatic amines is 1. The van der Waals surface area contributed by atoms with Crippen LogP contribution in [0.5, 0.6) is 0 Å². The fourth-order valence-corrected chi connectivity index (χ4v) is 2.90. The lowest BCUT2D eigenvalue weighted by Crippen LogP contribution is -2.38. The van der Waals surface area contributed by atoms with Gasteiger partial charge in [-0.1, -0.05) is 30.3 Å². The lowest BCUT2D eigenvalue weighted by atomic mass is 9.94. The van der Waals surface area contributed by atoms with Crippen LogP contribution in [0.1, 0.15) is 30.0 Å². The summed E-state index contributed by atoms with van der Waals surface area (Å²) in [6.07, 6.45) is 1.40. The standard InChI is InChI=1S/C17H21N3O3/c1-19-16(21)11-15(18-19)14-7-9-20(10-8-14)17(22)23-12-13-5-3-2-4-6-13/h2-6,11,14,18H,7-10,12H2,1H3. The Kier molecular flexibility index (Phi) is 4.50. The first kappa shape index (κ1) is 15.4. The summed E-state index contributed by atoms with van der Waals surface area (Å²) in [5.74, 6) is 0.294. The van der Waals surface area contributed by atoms with Crippen LogP contribution >= 0.6 is 0 Å². The number of carbonyl (C=O) groups excluding carboxylic acids is 1. The molecule has 0 atom stereocenters. The van der Waals surface area contributed by atoms with E-state index in [1.54, 1.807) is 18.0 Å². The maximum absolute atomic E-state index is 12.1. The number of rotatable bonds is 3. The number of carbonyl (C=O) groups is 1. The van der Waals surface area contributed by atoms with Gasteiger partial charge >= 0.3 is 6.09 Å². The molecule has 1 aliphatic heterocycles. The molecule has 1 aromatic carbocycles. The molecule has 1 aliphatic rings. The first-order valence-corrected chi connectivity index (χ1v) is 7.85. The van der Waals surface area contributed by atoms with Crippen molar-refractivity contribution >= 4 is 6.09 Å². The molecule has 1 fully saturated rings. The fraction of sp³-hybridized carbons (Fsp3) is 0.412. The summed E-state index contributed by atoms with van der Waals surface area (Å²) < 4.78 is 6.84. The Bertz CT molecular complexity index is 712. The summed E-state index contributed by atoms with van der Waals surface area (Å²) >= 11 is 0. The number of piperidine rings is 1. The Morgan fingerprint density at radius 1 is 1.26 bits per heavy atom. The van der Waals surface area contributed by atoms with Crippen LogP contribution in [0.3, 0.4) is 0 Å². The Balaban J connectivity index is 1.50. The van der Waals surface area contributed by atoms with Crippen LogP contribution in [0.4, 0.5) is 4.79 Å². The predicted octanol–water partition coefficient (Wildman–Crippen LogP) is 2.23. The normalized spacial score (nSPS) is 15.6. The Morgan fingerprint density at radius 3 is 2.57 bits per heavy atom. The monoisotopic (exact) mass is 315 g/mol. The quantitative estimate of drug-likeness (QED) is 0.944. The number of benzene rings is 1. The highest BCUT2D eigenvalue weighted by molar-refractivity contribution is 5.67. The summed E-state index contributed by atoms with van der Waals surface area (Å²) in [7, 11) is 1.71. The topological polar surface area (TPSA) is 67.3 Å². The van der Waals surface area contributed by atoms with E-state index in [9.17, 15) is 9.59 Å². The van der Waals surface area contributed by atoms with Crippen LogP contribution in [0.25, 0.3) is 0 Å². The van der Waals surface area contributed by atoms with E-state index in [0.29, 0.717) is 25.6 Å². The van der Waals surface area contributed by atoms with Crippen molar-refractivity contribution in [3.8, 4) is 0 Å². The molecule has 6 heteroatoms. The number of aromatic nitrogens is 2. The molecule has 6 nitrogen and oxygen atoms in total. The molecule has 1 N–H and O–H groups in total. The van der Waals surface area contributed by atoms with Gasteiger partial charge in [-0.3, -0.25) is 14.6 Å². The van der Waals surface area contributed by atoms with Gasteiger partial charge in [0.2, 0.25) is 0 Å². The average Bonchev–Trinajstić information content (AvgIpc) is 2.93. The molecule has 1 saturated heterocycles. The van der Waals surface area contributed by atoms with Crippen molar-refractivity contribution in [2.45, 2.75) is 25.4 Å². The van der Waals surface area contributed by atoms with Crippen molar-refractivity contribution in [2.24, 2.45) is 7.05 Å². The van der Waals surface area contributed by atoms with Crippen molar-refractivity contribution in [3.63, 3.8) is 0 Å². The first-order chi connectivity index (χ1) is 11.1. The lowest BCUT2D eigenvalue weighted by Gasteiger charge is -2.30. The van der Waals surface area contributed by atoms with E-state index in [4.69, 9.17) is 4.74 Å². The van der Waals surface area contributed by atoms with Gasteiger partial charge in [-0.05, 0) is 18.4 Å². The minimum atomic E-state index is -0.270. The maximum atomic E-state index is 12.1. The van der Waals surface area contributed by atoms with E-state index in [1.807, 2.05) is 30.3 Å². The van der Waals surface area contributed by atoms with E-state index in [1.165, 1.54) is 4.68 Å². The number of likely N-dealkylation sites (tertiary alicyclic amines) is 1. The summed E-state index contributed by atoms with van der Waals surface area (Å²) in [5.41, 5.74) is 1.91. The highest BCUT2D eigenvalue weighted by atomic mass is 16.6. The minimum Gasteiger partial charge on any atom is -0.445 e. The van der Waals surface area contributed by atoms with Gasteiger partial charge in [0.1, 0.15) is 6.61 Å². The Morgan fingerprint density at radius 2 is 1.96 bits per heavy atom. The highest BCUT2D eigenvalue weighted by Gasteiger charge is 2.25. The molecular weight excluding hydrogens is 294 g/mol. The van der Waals surface area contributed by atoms with E-state index < -0.39 is 0 Å². The molecule has 0 saturated carbocycles. The van der Waals surface area contributed by atoms with Crippen molar-refractivity contribution in [3.05, 3.63) is 58.0 Å². The van der Waals surface area contributed by atoms with Crippen molar-refractivity contribution in [1.29, 1.82) is 0 Å². The molecular formula is C17H21N3O3. The smallest absolute Gasteiger partial charge is 0.410 e. The van der Waals surface area contributed by atoms with Gasteiger partial charge in [-0.15, -0.1) is 0 Å².